The fourth-order valence-corrected chi connectivity index (χ4v) is 2.48. The maximum atomic E-state index is 11.4. The summed E-state index contributed by atoms with van der Waals surface area (Å²) in [6.07, 6.45) is 2.97. The van der Waals surface area contributed by atoms with Gasteiger partial charge < -0.3 is 10.6 Å². The Morgan fingerprint density at radius 1 is 1.24 bits per heavy atom. The average molecular weight is 335 g/mol. The number of pyridine rings is 1. The summed E-state index contributed by atoms with van der Waals surface area (Å²) >= 11 is 0. The number of benzene rings is 1. The summed E-state index contributed by atoms with van der Waals surface area (Å²) in [6, 6.07) is 11.4. The standard InChI is InChI=1S/C19H21N5O/c1-5-18(25)21-13-9-10-15-14(11-13)20-12-24(15)17-8-6-7-16(22-17)23-19(2,3)4/h5-12H,1H2,2-4H3,(H,21,25)(H,22,23). The van der Waals surface area contributed by atoms with Crippen molar-refractivity contribution in [2.45, 2.75) is 26.3 Å². The van der Waals surface area contributed by atoms with Crippen LogP contribution >= 0.6 is 0 Å². The van der Waals surface area contributed by atoms with Gasteiger partial charge >= 0.3 is 0 Å². The van der Waals surface area contributed by atoms with Crippen molar-refractivity contribution in [3.8, 4) is 5.82 Å². The zero-order valence-electron chi connectivity index (χ0n) is 14.6. The van der Waals surface area contributed by atoms with Crippen LogP contribution in [0, 0.1) is 0 Å². The summed E-state index contributed by atoms with van der Waals surface area (Å²) in [7, 11) is 0. The largest absolute Gasteiger partial charge is 0.365 e. The van der Waals surface area contributed by atoms with Gasteiger partial charge in [0, 0.05) is 11.2 Å². The van der Waals surface area contributed by atoms with Crippen LogP contribution in [0.25, 0.3) is 16.9 Å². The minimum Gasteiger partial charge on any atom is -0.365 e. The van der Waals surface area contributed by atoms with Gasteiger partial charge in [-0.2, -0.15) is 0 Å². The average Bonchev–Trinajstić information content (AvgIpc) is 2.96. The topological polar surface area (TPSA) is 71.8 Å². The Morgan fingerprint density at radius 2 is 2.04 bits per heavy atom. The van der Waals surface area contributed by atoms with Gasteiger partial charge in [-0.25, -0.2) is 9.97 Å². The number of nitrogens with one attached hydrogen (secondary N) is 2. The molecule has 6 heteroatoms. The number of nitrogens with zero attached hydrogens (tertiary/aromatic N) is 3. The van der Waals surface area contributed by atoms with Gasteiger partial charge in [-0.1, -0.05) is 12.6 Å². The summed E-state index contributed by atoms with van der Waals surface area (Å²) in [6.45, 7) is 9.72. The quantitative estimate of drug-likeness (QED) is 0.712. The van der Waals surface area contributed by atoms with Crippen LogP contribution in [0.15, 0.2) is 55.4 Å². The Bertz CT molecular complexity index is 936. The van der Waals surface area contributed by atoms with Gasteiger partial charge in [0.25, 0.3) is 0 Å². The van der Waals surface area contributed by atoms with Crippen LogP contribution in [0.1, 0.15) is 20.8 Å². The van der Waals surface area contributed by atoms with Crippen molar-refractivity contribution in [2.24, 2.45) is 0 Å². The maximum absolute atomic E-state index is 11.4. The van der Waals surface area contributed by atoms with Gasteiger partial charge in [-0.15, -0.1) is 0 Å². The Kier molecular flexibility index (Phi) is 4.27. The Labute approximate surface area is 146 Å². The molecular weight excluding hydrogens is 314 g/mol. The molecule has 0 saturated heterocycles. The lowest BCUT2D eigenvalue weighted by Gasteiger charge is -2.21. The molecule has 0 fully saturated rings. The molecule has 3 aromatic rings. The van der Waals surface area contributed by atoms with E-state index in [1.807, 2.05) is 41.0 Å². The first-order valence-corrected chi connectivity index (χ1v) is 8.02. The Morgan fingerprint density at radius 3 is 2.76 bits per heavy atom. The second-order valence-electron chi connectivity index (χ2n) is 6.77. The first kappa shape index (κ1) is 16.7. The summed E-state index contributed by atoms with van der Waals surface area (Å²) in [5, 5.41) is 6.10. The van der Waals surface area contributed by atoms with E-state index in [-0.39, 0.29) is 11.4 Å². The molecule has 0 radical (unpaired) electrons. The first-order chi connectivity index (χ1) is 11.9. The zero-order chi connectivity index (χ0) is 18.0. The Hall–Kier alpha value is -3.15. The monoisotopic (exact) mass is 335 g/mol. The molecule has 6 nitrogen and oxygen atoms in total. The summed E-state index contributed by atoms with van der Waals surface area (Å²) in [5.41, 5.74) is 2.30. The minimum absolute atomic E-state index is 0.0686. The van der Waals surface area contributed by atoms with Crippen LogP contribution in [0.5, 0.6) is 0 Å². The van der Waals surface area contributed by atoms with E-state index in [9.17, 15) is 4.79 Å². The smallest absolute Gasteiger partial charge is 0.247 e. The molecule has 0 aliphatic carbocycles. The van der Waals surface area contributed by atoms with Crippen molar-refractivity contribution in [3.63, 3.8) is 0 Å². The number of anilines is 2. The normalized spacial score (nSPS) is 11.3. The fraction of sp³-hybridized carbons (Fsp3) is 0.211. The Balaban J connectivity index is 1.95. The highest BCUT2D eigenvalue weighted by molar-refractivity contribution is 6.00. The molecular formula is C19H21N5O. The molecule has 2 N–H and O–H groups in total. The molecule has 0 unspecified atom stereocenters. The second-order valence-corrected chi connectivity index (χ2v) is 6.77. The van der Waals surface area contributed by atoms with Gasteiger partial charge in [0.05, 0.1) is 11.0 Å². The number of aromatic nitrogens is 3. The van der Waals surface area contributed by atoms with Gasteiger partial charge in [0.15, 0.2) is 0 Å². The van der Waals surface area contributed by atoms with E-state index >= 15 is 0 Å². The summed E-state index contributed by atoms with van der Waals surface area (Å²) in [4.78, 5) is 20.5. The van der Waals surface area contributed by atoms with E-state index in [0.717, 1.165) is 22.7 Å². The minimum atomic E-state index is -0.249. The number of fused-ring (bicyclic) bond motifs is 1. The summed E-state index contributed by atoms with van der Waals surface area (Å²) < 4.78 is 1.92. The molecule has 2 heterocycles. The van der Waals surface area contributed by atoms with Gasteiger partial charge in [-0.3, -0.25) is 9.36 Å². The molecule has 0 bridgehead atoms. The SMILES string of the molecule is C=CC(=O)Nc1ccc2c(c1)ncn2-c1cccc(NC(C)(C)C)n1. The number of amides is 1. The molecule has 0 aliphatic rings. The highest BCUT2D eigenvalue weighted by Crippen LogP contribution is 2.22. The molecule has 0 atom stereocenters. The van der Waals surface area contributed by atoms with E-state index in [1.165, 1.54) is 6.08 Å². The maximum Gasteiger partial charge on any atom is 0.247 e. The third-order valence-corrected chi connectivity index (χ3v) is 3.48. The van der Waals surface area contributed by atoms with Crippen molar-refractivity contribution in [1.82, 2.24) is 14.5 Å². The summed E-state index contributed by atoms with van der Waals surface area (Å²) in [5.74, 6) is 1.34. The van der Waals surface area contributed by atoms with Crippen molar-refractivity contribution < 1.29 is 4.79 Å². The molecule has 0 saturated carbocycles. The third kappa shape index (κ3) is 3.85. The van der Waals surface area contributed by atoms with Gasteiger partial charge in [0.1, 0.15) is 18.0 Å². The first-order valence-electron chi connectivity index (χ1n) is 8.02. The molecule has 128 valence electrons. The molecule has 1 aromatic carbocycles. The van der Waals surface area contributed by atoms with Crippen LogP contribution in [0.3, 0.4) is 0 Å². The molecule has 25 heavy (non-hydrogen) atoms. The lowest BCUT2D eigenvalue weighted by molar-refractivity contribution is -0.111. The number of carbonyl (C=O) groups is 1. The van der Waals surface area contributed by atoms with Crippen molar-refractivity contribution >= 4 is 28.4 Å². The molecule has 0 aliphatic heterocycles. The van der Waals surface area contributed by atoms with E-state index < -0.39 is 0 Å². The van der Waals surface area contributed by atoms with Crippen LogP contribution in [-0.2, 0) is 4.79 Å². The van der Waals surface area contributed by atoms with Gasteiger partial charge in [-0.05, 0) is 57.2 Å². The van der Waals surface area contributed by atoms with Crippen LogP contribution in [0.2, 0.25) is 0 Å². The second kappa shape index (κ2) is 6.39. The lowest BCUT2D eigenvalue weighted by atomic mass is 10.1. The van der Waals surface area contributed by atoms with Crippen LogP contribution in [-0.4, -0.2) is 26.0 Å². The number of rotatable bonds is 4. The number of hydrogen-bond acceptors (Lipinski definition) is 4. The molecule has 0 spiro atoms. The molecule has 3 rings (SSSR count). The van der Waals surface area contributed by atoms with E-state index in [4.69, 9.17) is 0 Å². The van der Waals surface area contributed by atoms with Gasteiger partial charge in [0.2, 0.25) is 5.91 Å². The highest BCUT2D eigenvalue weighted by Gasteiger charge is 2.12. The predicted molar refractivity (Wildman–Crippen MR) is 101 cm³/mol. The molecule has 1 amide bonds. The van der Waals surface area contributed by atoms with Crippen molar-refractivity contribution in [2.75, 3.05) is 10.6 Å². The molecule has 2 aromatic heterocycles. The van der Waals surface area contributed by atoms with E-state index in [1.54, 1.807) is 6.33 Å². The van der Waals surface area contributed by atoms with E-state index in [2.05, 4.69) is 48.0 Å². The van der Waals surface area contributed by atoms with Crippen LogP contribution < -0.4 is 10.6 Å². The zero-order valence-corrected chi connectivity index (χ0v) is 14.6. The number of carbonyl (C=O) groups excluding carboxylic acids is 1. The fourth-order valence-electron chi connectivity index (χ4n) is 2.48. The lowest BCUT2D eigenvalue weighted by Crippen LogP contribution is -2.26. The van der Waals surface area contributed by atoms with Crippen molar-refractivity contribution in [3.05, 3.63) is 55.4 Å². The third-order valence-electron chi connectivity index (χ3n) is 3.48. The number of hydrogen-bond donors (Lipinski definition) is 2. The van der Waals surface area contributed by atoms with Crippen LogP contribution in [0.4, 0.5) is 11.5 Å². The highest BCUT2D eigenvalue weighted by atomic mass is 16.1. The van der Waals surface area contributed by atoms with E-state index in [0.29, 0.717) is 5.69 Å². The predicted octanol–water partition coefficient (Wildman–Crippen LogP) is 3.76. The van der Waals surface area contributed by atoms with Crippen molar-refractivity contribution in [1.29, 1.82) is 0 Å². The number of imidazole rings is 1.